The summed E-state index contributed by atoms with van der Waals surface area (Å²) in [5.74, 6) is 3.14. The maximum Gasteiger partial charge on any atom is 0.255 e. The van der Waals surface area contributed by atoms with Crippen molar-refractivity contribution in [1.29, 1.82) is 0 Å². The van der Waals surface area contributed by atoms with E-state index in [0.717, 1.165) is 45.2 Å². The summed E-state index contributed by atoms with van der Waals surface area (Å²) in [5, 5.41) is 14.4. The van der Waals surface area contributed by atoms with E-state index in [1.54, 1.807) is 24.5 Å². The molecule has 0 radical (unpaired) electrons. The molecule has 3 unspecified atom stereocenters. The van der Waals surface area contributed by atoms with Crippen LogP contribution in [0.1, 0.15) is 36.5 Å². The van der Waals surface area contributed by atoms with E-state index < -0.39 is 0 Å². The maximum absolute atomic E-state index is 13.0. The van der Waals surface area contributed by atoms with Crippen LogP contribution in [0.2, 0.25) is 5.02 Å². The van der Waals surface area contributed by atoms with Crippen LogP contribution in [0, 0.1) is 0 Å². The molecule has 0 saturated carbocycles. The quantitative estimate of drug-likeness (QED) is 0.111. The number of anilines is 2. The first-order valence-electron chi connectivity index (χ1n) is 13.6. The third kappa shape index (κ3) is 5.38. The van der Waals surface area contributed by atoms with Gasteiger partial charge in [0.2, 0.25) is 5.91 Å². The number of amides is 2. The zero-order chi connectivity index (χ0) is 27.9. The number of rotatable bonds is 11. The number of carbonyl (C=O) groups is 2. The molecule has 2 aliphatic heterocycles. The number of benzene rings is 2. The Balaban J connectivity index is 1.08. The molecule has 206 valence electrons. The molecule has 0 spiro atoms. The zero-order valence-corrected chi connectivity index (χ0v) is 23.9. The first-order chi connectivity index (χ1) is 19.3. The van der Waals surface area contributed by atoms with Crippen LogP contribution in [0.3, 0.4) is 0 Å². The molecule has 2 aliphatic rings. The number of nitrogens with zero attached hydrogens (tertiary/aromatic N) is 2. The molecule has 3 atom stereocenters. The highest BCUT2D eigenvalue weighted by molar-refractivity contribution is 8.47. The number of nitrogens with one attached hydrogen (secondary N) is 3. The van der Waals surface area contributed by atoms with Crippen LogP contribution in [0.5, 0.6) is 0 Å². The van der Waals surface area contributed by atoms with Gasteiger partial charge >= 0.3 is 0 Å². The van der Waals surface area contributed by atoms with E-state index in [2.05, 4.69) is 34.4 Å². The Morgan fingerprint density at radius 2 is 1.95 bits per heavy atom. The van der Waals surface area contributed by atoms with Crippen LogP contribution in [0.4, 0.5) is 11.5 Å². The van der Waals surface area contributed by atoms with Gasteiger partial charge in [-0.2, -0.15) is 0 Å². The maximum atomic E-state index is 13.0. The number of pyridine rings is 2. The second kappa shape index (κ2) is 10.7. The van der Waals surface area contributed by atoms with Crippen molar-refractivity contribution in [3.8, 4) is 0 Å². The Morgan fingerprint density at radius 1 is 1.10 bits per heavy atom. The number of carbonyl (C=O) groups excluding carboxylic acids is 2. The topological polar surface area (TPSA) is 96.0 Å². The Hall–Kier alpha value is -3.62. The minimum Gasteiger partial charge on any atom is -0.351 e. The zero-order valence-electron chi connectivity index (χ0n) is 22.4. The molecule has 7 nitrogen and oxygen atoms in total. The third-order valence-electron chi connectivity index (χ3n) is 8.06. The summed E-state index contributed by atoms with van der Waals surface area (Å²) >= 11 is 6.17. The fourth-order valence-corrected chi connectivity index (χ4v) is 10.4. The average Bonchev–Trinajstić information content (AvgIpc) is 3.83. The van der Waals surface area contributed by atoms with Crippen molar-refractivity contribution in [2.45, 2.75) is 36.7 Å². The normalized spacial score (nSPS) is 22.1. The Morgan fingerprint density at radius 3 is 2.73 bits per heavy atom. The summed E-state index contributed by atoms with van der Waals surface area (Å²) in [4.78, 5) is 34.4. The fraction of sp³-hybridized carbons (Fsp3) is 0.290. The van der Waals surface area contributed by atoms with E-state index in [9.17, 15) is 9.59 Å². The van der Waals surface area contributed by atoms with E-state index in [1.807, 2.05) is 36.4 Å². The lowest BCUT2D eigenvalue weighted by Gasteiger charge is -2.13. The minimum absolute atomic E-state index is 0.00535. The van der Waals surface area contributed by atoms with Gasteiger partial charge in [-0.15, -0.1) is 0 Å². The molecule has 6 rings (SSSR count). The van der Waals surface area contributed by atoms with Crippen LogP contribution < -0.4 is 16.0 Å². The highest BCUT2D eigenvalue weighted by Gasteiger charge is 2.70. The molecule has 40 heavy (non-hydrogen) atoms. The Kier molecular flexibility index (Phi) is 7.15. The number of hydrogen-bond donors (Lipinski definition) is 3. The van der Waals surface area contributed by atoms with Crippen molar-refractivity contribution in [3.05, 3.63) is 83.8 Å². The van der Waals surface area contributed by atoms with E-state index >= 15 is 0 Å². The summed E-state index contributed by atoms with van der Waals surface area (Å²) in [6.45, 7) is 6.51. The van der Waals surface area contributed by atoms with Crippen LogP contribution in [-0.4, -0.2) is 50.3 Å². The molecule has 0 aliphatic carbocycles. The first kappa shape index (κ1) is 26.6. The Bertz CT molecular complexity index is 1650. The van der Waals surface area contributed by atoms with Crippen LogP contribution in [-0.2, 0) is 4.79 Å². The van der Waals surface area contributed by atoms with Gasteiger partial charge in [0.05, 0.1) is 12.1 Å². The van der Waals surface area contributed by atoms with E-state index in [0.29, 0.717) is 34.0 Å². The largest absolute Gasteiger partial charge is 0.351 e. The molecule has 2 fully saturated rings. The standard InChI is InChI=1S/C31H32ClN5O2S/c1-19(16-34-29(38)8-3-4-13-40-18-28(40)20(40)2)35-31(39)21-9-10-24-26-17-33-12-11-25(26)30(37-27(24)14-21)36-23-7-5-6-22(32)15-23/h5-7,9-12,14-15,17,20,28H,1,3-4,8,13,16,18H2,2H3,(H,34,38)(H,35,39)(H,36,37). The molecule has 4 heterocycles. The van der Waals surface area contributed by atoms with Crippen LogP contribution in [0.25, 0.3) is 21.7 Å². The van der Waals surface area contributed by atoms with Crippen molar-refractivity contribution in [1.82, 2.24) is 20.6 Å². The highest BCUT2D eigenvalue weighted by atomic mass is 35.5. The van der Waals surface area contributed by atoms with E-state index in [-0.39, 0.29) is 28.4 Å². The molecule has 3 N–H and O–H groups in total. The van der Waals surface area contributed by atoms with Gasteiger partial charge in [-0.1, -0.05) is 37.2 Å². The van der Waals surface area contributed by atoms with Crippen molar-refractivity contribution < 1.29 is 9.59 Å². The van der Waals surface area contributed by atoms with Crippen LogP contribution in [0.15, 0.2) is 73.2 Å². The molecule has 2 amide bonds. The Labute approximate surface area is 240 Å². The van der Waals surface area contributed by atoms with Gasteiger partial charge in [0.15, 0.2) is 0 Å². The third-order valence-corrected chi connectivity index (χ3v) is 13.2. The van der Waals surface area contributed by atoms with Crippen molar-refractivity contribution in [3.63, 3.8) is 0 Å². The number of halogens is 1. The SMILES string of the molecule is C=C(CNC(=O)CCCCS12CC1C2C)NC(=O)c1ccc2c(c1)nc(Nc1cccc(Cl)c1)c1ccncc12. The average molecular weight is 574 g/mol. The van der Waals surface area contributed by atoms with E-state index in [1.165, 1.54) is 11.5 Å². The van der Waals surface area contributed by atoms with Crippen molar-refractivity contribution >= 4 is 66.6 Å². The number of aromatic nitrogens is 2. The predicted molar refractivity (Wildman–Crippen MR) is 166 cm³/mol. The van der Waals surface area contributed by atoms with Gasteiger partial charge in [0, 0.05) is 62.2 Å². The van der Waals surface area contributed by atoms with Gasteiger partial charge in [0.1, 0.15) is 5.82 Å². The molecule has 0 bridgehead atoms. The second-order valence-corrected chi connectivity index (χ2v) is 15.2. The molecule has 9 heteroatoms. The van der Waals surface area contributed by atoms with E-state index in [4.69, 9.17) is 16.6 Å². The number of unbranched alkanes of at least 4 members (excludes halogenated alkanes) is 1. The summed E-state index contributed by atoms with van der Waals surface area (Å²) in [5.41, 5.74) is 2.34. The molecule has 2 saturated heterocycles. The predicted octanol–water partition coefficient (Wildman–Crippen LogP) is 6.30. The lowest BCUT2D eigenvalue weighted by atomic mass is 10.1. The van der Waals surface area contributed by atoms with Gasteiger partial charge < -0.3 is 16.0 Å². The monoisotopic (exact) mass is 573 g/mol. The molecule has 2 aromatic heterocycles. The van der Waals surface area contributed by atoms with Crippen molar-refractivity contribution in [2.24, 2.45) is 0 Å². The minimum atomic E-state index is -0.307. The van der Waals surface area contributed by atoms with Crippen LogP contribution >= 0.6 is 21.6 Å². The molecule has 2 aromatic carbocycles. The lowest BCUT2D eigenvalue weighted by Crippen LogP contribution is -2.32. The summed E-state index contributed by atoms with van der Waals surface area (Å²) in [6, 6.07) is 14.7. The molecular formula is C31H32ClN5O2S. The first-order valence-corrected chi connectivity index (χ1v) is 16.0. The second-order valence-electron chi connectivity index (χ2n) is 10.7. The van der Waals surface area contributed by atoms with Gasteiger partial charge in [-0.3, -0.25) is 14.6 Å². The van der Waals surface area contributed by atoms with Gasteiger partial charge in [0.25, 0.3) is 5.91 Å². The van der Waals surface area contributed by atoms with Gasteiger partial charge in [-0.05, 0) is 66.0 Å². The number of fused-ring (bicyclic) bond motifs is 4. The lowest BCUT2D eigenvalue weighted by molar-refractivity contribution is -0.121. The molecule has 4 aromatic rings. The summed E-state index contributed by atoms with van der Waals surface area (Å²) in [7, 11) is -0.202. The van der Waals surface area contributed by atoms with Crippen molar-refractivity contribution in [2.75, 3.05) is 23.4 Å². The van der Waals surface area contributed by atoms with Gasteiger partial charge in [-0.25, -0.2) is 15.0 Å². The summed E-state index contributed by atoms with van der Waals surface area (Å²) in [6.07, 6.45) is 6.09. The number of hydrogen-bond acceptors (Lipinski definition) is 5. The summed E-state index contributed by atoms with van der Waals surface area (Å²) < 4.78 is 0. The smallest absolute Gasteiger partial charge is 0.255 e. The fourth-order valence-electron chi connectivity index (χ4n) is 5.50. The highest BCUT2D eigenvalue weighted by Crippen LogP contribution is 2.90. The molecular weight excluding hydrogens is 542 g/mol.